The number of thiazole rings is 1. The highest BCUT2D eigenvalue weighted by Crippen LogP contribution is 2.35. The number of ether oxygens (including phenoxy) is 1. The average molecular weight is 400 g/mol. The SMILES string of the molecule is Cn1cc2cc(-c3cc(F)c4nc(OC5CCNCC5)sc4c3)cc(F)c2n1. The van der Waals surface area contributed by atoms with Crippen molar-refractivity contribution in [1.82, 2.24) is 20.1 Å². The molecule has 0 bridgehead atoms. The van der Waals surface area contributed by atoms with E-state index in [1.807, 2.05) is 12.1 Å². The number of fused-ring (bicyclic) bond motifs is 2. The minimum Gasteiger partial charge on any atom is -0.467 e. The monoisotopic (exact) mass is 400 g/mol. The Hall–Kier alpha value is -2.58. The van der Waals surface area contributed by atoms with Gasteiger partial charge in [0, 0.05) is 18.6 Å². The summed E-state index contributed by atoms with van der Waals surface area (Å²) in [6.45, 7) is 1.83. The highest BCUT2D eigenvalue weighted by atomic mass is 32.1. The van der Waals surface area contributed by atoms with Crippen LogP contribution in [0.15, 0.2) is 30.5 Å². The zero-order chi connectivity index (χ0) is 19.3. The summed E-state index contributed by atoms with van der Waals surface area (Å²) in [5, 5.41) is 8.56. The summed E-state index contributed by atoms with van der Waals surface area (Å²) in [4.78, 5) is 4.33. The molecule has 28 heavy (non-hydrogen) atoms. The normalized spacial score (nSPS) is 15.5. The molecule has 2 aromatic carbocycles. The Morgan fingerprint density at radius 1 is 1.07 bits per heavy atom. The van der Waals surface area contributed by atoms with Crippen molar-refractivity contribution in [2.24, 2.45) is 7.05 Å². The van der Waals surface area contributed by atoms with E-state index in [-0.39, 0.29) is 6.10 Å². The van der Waals surface area contributed by atoms with Crippen LogP contribution in [0.2, 0.25) is 0 Å². The lowest BCUT2D eigenvalue weighted by Gasteiger charge is -2.22. The first kappa shape index (κ1) is 17.5. The fraction of sp³-hybridized carbons (Fsp3) is 0.300. The second-order valence-corrected chi connectivity index (χ2v) is 8.04. The molecule has 2 aromatic heterocycles. The van der Waals surface area contributed by atoms with E-state index in [0.717, 1.165) is 25.9 Å². The molecule has 1 fully saturated rings. The molecule has 1 aliphatic rings. The van der Waals surface area contributed by atoms with Crippen molar-refractivity contribution in [3.05, 3.63) is 42.1 Å². The number of halogens is 2. The highest BCUT2D eigenvalue weighted by Gasteiger charge is 2.19. The van der Waals surface area contributed by atoms with E-state index in [9.17, 15) is 8.78 Å². The molecule has 4 aromatic rings. The standard InChI is InChI=1S/C20H18F2N4OS/c1-26-10-13-6-11(7-15(21)18(13)25-26)12-8-16(22)19-17(9-12)28-20(24-19)27-14-2-4-23-5-3-14/h6-10,14,23H,2-5H2,1H3. The van der Waals surface area contributed by atoms with Gasteiger partial charge in [-0.25, -0.2) is 8.78 Å². The van der Waals surface area contributed by atoms with Crippen molar-refractivity contribution < 1.29 is 13.5 Å². The van der Waals surface area contributed by atoms with Gasteiger partial charge in [-0.15, -0.1) is 0 Å². The smallest absolute Gasteiger partial charge is 0.274 e. The molecule has 8 heteroatoms. The molecule has 0 atom stereocenters. The molecule has 1 aliphatic heterocycles. The predicted molar refractivity (Wildman–Crippen MR) is 106 cm³/mol. The lowest BCUT2D eigenvalue weighted by molar-refractivity contribution is 0.162. The Labute approximate surface area is 163 Å². The molecular weight excluding hydrogens is 382 g/mol. The van der Waals surface area contributed by atoms with Crippen LogP contribution in [-0.4, -0.2) is 34.0 Å². The van der Waals surface area contributed by atoms with Crippen molar-refractivity contribution >= 4 is 32.5 Å². The topological polar surface area (TPSA) is 52.0 Å². The van der Waals surface area contributed by atoms with E-state index in [2.05, 4.69) is 15.4 Å². The maximum Gasteiger partial charge on any atom is 0.274 e. The quantitative estimate of drug-likeness (QED) is 0.558. The first-order valence-electron chi connectivity index (χ1n) is 9.17. The molecule has 0 spiro atoms. The molecular formula is C20H18F2N4OS. The number of aryl methyl sites for hydroxylation is 1. The molecule has 0 radical (unpaired) electrons. The largest absolute Gasteiger partial charge is 0.467 e. The van der Waals surface area contributed by atoms with Gasteiger partial charge in [-0.1, -0.05) is 11.3 Å². The van der Waals surface area contributed by atoms with E-state index in [1.54, 1.807) is 17.9 Å². The molecule has 144 valence electrons. The van der Waals surface area contributed by atoms with Crippen LogP contribution in [0, 0.1) is 11.6 Å². The number of nitrogens with one attached hydrogen (secondary N) is 1. The van der Waals surface area contributed by atoms with E-state index < -0.39 is 11.6 Å². The lowest BCUT2D eigenvalue weighted by Crippen LogP contribution is -2.34. The van der Waals surface area contributed by atoms with Crippen molar-refractivity contribution in [2.75, 3.05) is 13.1 Å². The van der Waals surface area contributed by atoms with Crippen molar-refractivity contribution in [1.29, 1.82) is 0 Å². The summed E-state index contributed by atoms with van der Waals surface area (Å²) >= 11 is 1.32. The second kappa shape index (κ2) is 6.79. The minimum atomic E-state index is -0.435. The van der Waals surface area contributed by atoms with Crippen LogP contribution in [0.3, 0.4) is 0 Å². The van der Waals surface area contributed by atoms with Gasteiger partial charge in [0.15, 0.2) is 11.6 Å². The van der Waals surface area contributed by atoms with Crippen LogP contribution in [-0.2, 0) is 7.05 Å². The van der Waals surface area contributed by atoms with E-state index in [1.165, 1.54) is 23.5 Å². The summed E-state index contributed by atoms with van der Waals surface area (Å²) in [5.41, 5.74) is 1.81. The van der Waals surface area contributed by atoms with Crippen LogP contribution >= 0.6 is 11.3 Å². The summed E-state index contributed by atoms with van der Waals surface area (Å²) in [7, 11) is 1.74. The van der Waals surface area contributed by atoms with Gasteiger partial charge in [-0.05, 0) is 61.3 Å². The zero-order valence-electron chi connectivity index (χ0n) is 15.2. The summed E-state index contributed by atoms with van der Waals surface area (Å²) in [6, 6.07) is 6.44. The first-order chi connectivity index (χ1) is 13.6. The molecule has 0 unspecified atom stereocenters. The number of nitrogens with zero attached hydrogens (tertiary/aromatic N) is 3. The summed E-state index contributed by atoms with van der Waals surface area (Å²) in [6.07, 6.45) is 3.67. The molecule has 5 rings (SSSR count). The fourth-order valence-electron chi connectivity index (χ4n) is 3.62. The van der Waals surface area contributed by atoms with Gasteiger partial charge in [-0.3, -0.25) is 4.68 Å². The van der Waals surface area contributed by atoms with Crippen LogP contribution in [0.1, 0.15) is 12.8 Å². The van der Waals surface area contributed by atoms with Gasteiger partial charge in [0.2, 0.25) is 0 Å². The third kappa shape index (κ3) is 3.12. The third-order valence-corrected chi connectivity index (χ3v) is 5.89. The van der Waals surface area contributed by atoms with Gasteiger partial charge in [0.25, 0.3) is 5.19 Å². The molecule has 1 saturated heterocycles. The fourth-order valence-corrected chi connectivity index (χ4v) is 4.56. The van der Waals surface area contributed by atoms with Crippen molar-refractivity contribution in [3.63, 3.8) is 0 Å². The van der Waals surface area contributed by atoms with Gasteiger partial charge in [0.1, 0.15) is 17.1 Å². The number of piperidine rings is 1. The first-order valence-corrected chi connectivity index (χ1v) is 9.99. The Bertz CT molecular complexity index is 1180. The zero-order valence-corrected chi connectivity index (χ0v) is 16.0. The van der Waals surface area contributed by atoms with Crippen molar-refractivity contribution in [2.45, 2.75) is 18.9 Å². The number of aromatic nitrogens is 3. The van der Waals surface area contributed by atoms with Crippen LogP contribution in [0.4, 0.5) is 8.78 Å². The third-order valence-electron chi connectivity index (χ3n) is 4.99. The molecule has 1 N–H and O–H groups in total. The summed E-state index contributed by atoms with van der Waals surface area (Å²) in [5.74, 6) is -0.858. The van der Waals surface area contributed by atoms with E-state index >= 15 is 0 Å². The highest BCUT2D eigenvalue weighted by molar-refractivity contribution is 7.20. The maximum atomic E-state index is 14.7. The van der Waals surface area contributed by atoms with E-state index in [0.29, 0.717) is 37.4 Å². The Morgan fingerprint density at radius 2 is 1.79 bits per heavy atom. The molecule has 0 aliphatic carbocycles. The number of hydrogen-bond acceptors (Lipinski definition) is 5. The van der Waals surface area contributed by atoms with Gasteiger partial charge < -0.3 is 10.1 Å². The second-order valence-electron chi connectivity index (χ2n) is 7.05. The molecule has 0 amide bonds. The molecule has 3 heterocycles. The maximum absolute atomic E-state index is 14.7. The molecule has 5 nitrogen and oxygen atoms in total. The molecule has 0 saturated carbocycles. The van der Waals surface area contributed by atoms with Crippen LogP contribution < -0.4 is 10.1 Å². The average Bonchev–Trinajstić information content (AvgIpc) is 3.25. The Morgan fingerprint density at radius 3 is 2.57 bits per heavy atom. The van der Waals surface area contributed by atoms with Crippen molar-refractivity contribution in [3.8, 4) is 16.3 Å². The Balaban J connectivity index is 1.53. The van der Waals surface area contributed by atoms with E-state index in [4.69, 9.17) is 4.74 Å². The number of benzene rings is 2. The van der Waals surface area contributed by atoms with Crippen LogP contribution in [0.25, 0.3) is 32.2 Å². The van der Waals surface area contributed by atoms with Gasteiger partial charge >= 0.3 is 0 Å². The van der Waals surface area contributed by atoms with Crippen LogP contribution in [0.5, 0.6) is 5.19 Å². The predicted octanol–water partition coefficient (Wildman–Crippen LogP) is 4.26. The summed E-state index contributed by atoms with van der Waals surface area (Å²) < 4.78 is 37.3. The van der Waals surface area contributed by atoms with Gasteiger partial charge in [0.05, 0.1) is 4.70 Å². The Kier molecular flexibility index (Phi) is 4.25. The minimum absolute atomic E-state index is 0.103. The number of hydrogen-bond donors (Lipinski definition) is 1. The lowest BCUT2D eigenvalue weighted by atomic mass is 10.0. The van der Waals surface area contributed by atoms with Gasteiger partial charge in [-0.2, -0.15) is 10.1 Å². The number of rotatable bonds is 3.